The summed E-state index contributed by atoms with van der Waals surface area (Å²) < 4.78 is 14.9. The molecule has 0 bridgehead atoms. The lowest BCUT2D eigenvalue weighted by atomic mass is 10.1. The van der Waals surface area contributed by atoms with Crippen LogP contribution in [0.5, 0.6) is 0 Å². The molecule has 0 saturated carbocycles. The Hall–Kier alpha value is -3.43. The second kappa shape index (κ2) is 11.5. The number of ether oxygens (including phenoxy) is 1. The lowest BCUT2D eigenvalue weighted by Crippen LogP contribution is -2.67. The quantitative estimate of drug-likeness (QED) is 0.193. The molecule has 3 atom stereocenters. The number of aromatic amines is 1. The molecule has 1 N–H and O–H groups in total. The number of nitrogens with one attached hydrogen (secondary N) is 1. The van der Waals surface area contributed by atoms with E-state index >= 15 is 0 Å². The van der Waals surface area contributed by atoms with Crippen molar-refractivity contribution >= 4 is 18.7 Å². The van der Waals surface area contributed by atoms with Gasteiger partial charge in [0, 0.05) is 23.1 Å². The van der Waals surface area contributed by atoms with Crippen molar-refractivity contribution in [3.63, 3.8) is 0 Å². The van der Waals surface area contributed by atoms with Gasteiger partial charge >= 0.3 is 5.69 Å². The molecule has 0 radical (unpaired) electrons. The Bertz CT molecular complexity index is 1350. The maximum absolute atomic E-state index is 12.8. The molecule has 0 amide bonds. The Morgan fingerprint density at radius 2 is 1.71 bits per heavy atom. The number of hydrogen-bond donors (Lipinski definition) is 1. The number of aromatic nitrogens is 2. The van der Waals surface area contributed by atoms with E-state index < -0.39 is 37.9 Å². The molecule has 200 valence electrons. The van der Waals surface area contributed by atoms with Crippen LogP contribution in [0, 0.1) is 0 Å². The molecule has 0 unspecified atom stereocenters. The van der Waals surface area contributed by atoms with E-state index in [2.05, 4.69) is 60.0 Å². The normalized spacial score (nSPS) is 19.7. The van der Waals surface area contributed by atoms with Gasteiger partial charge in [0.25, 0.3) is 13.9 Å². The summed E-state index contributed by atoms with van der Waals surface area (Å²) in [4.78, 5) is 30.2. The number of benzene rings is 2. The van der Waals surface area contributed by atoms with E-state index in [9.17, 15) is 15.1 Å². The highest BCUT2D eigenvalue weighted by atomic mass is 28.4. The van der Waals surface area contributed by atoms with Gasteiger partial charge in [-0.1, -0.05) is 99.9 Å². The smallest absolute Gasteiger partial charge is 0.330 e. The summed E-state index contributed by atoms with van der Waals surface area (Å²) in [6.07, 6.45) is 0.376. The zero-order chi connectivity index (χ0) is 27.3. The summed E-state index contributed by atoms with van der Waals surface area (Å²) in [6.45, 7) is 8.75. The molecule has 1 aromatic heterocycles. The molecule has 1 fully saturated rings. The predicted molar refractivity (Wildman–Crippen MR) is 150 cm³/mol. The highest BCUT2D eigenvalue weighted by Gasteiger charge is 2.51. The molecule has 0 aliphatic carbocycles. The van der Waals surface area contributed by atoms with Crippen LogP contribution in [0.3, 0.4) is 0 Å². The summed E-state index contributed by atoms with van der Waals surface area (Å²) >= 11 is 0. The molecule has 9 nitrogen and oxygen atoms in total. The maximum atomic E-state index is 12.8. The molecular formula is C28H35N5O4Si. The van der Waals surface area contributed by atoms with E-state index in [-0.39, 0.29) is 11.6 Å². The second-order valence-corrected chi connectivity index (χ2v) is 15.0. The second-order valence-electron chi connectivity index (χ2n) is 10.7. The average Bonchev–Trinajstić information content (AvgIpc) is 3.27. The van der Waals surface area contributed by atoms with Crippen molar-refractivity contribution in [3.05, 3.63) is 104 Å². The molecule has 3 aromatic rings. The zero-order valence-corrected chi connectivity index (χ0v) is 23.3. The fourth-order valence-electron chi connectivity index (χ4n) is 5.50. The number of rotatable bonds is 9. The summed E-state index contributed by atoms with van der Waals surface area (Å²) in [5.41, 5.74) is 8.93. The minimum atomic E-state index is -2.84. The standard InChI is InChI=1S/C28H35N5O4Si/c1-5-12-20-17-25(34)30-27(35)33(20)26-18-23(31-32-29)24(37-26)19-36-38(28(2,3)4,21-13-8-6-9-14-21)22-15-10-7-11-16-22/h6-11,13-17,23-24,26H,5,12,18-19H2,1-4H3,(H,30,34,35)/t23-,24+,26-/m0/s1. The first-order valence-electron chi connectivity index (χ1n) is 13.0. The topological polar surface area (TPSA) is 122 Å². The lowest BCUT2D eigenvalue weighted by Gasteiger charge is -2.43. The Balaban J connectivity index is 1.72. The van der Waals surface area contributed by atoms with E-state index in [1.807, 2.05) is 43.3 Å². The first kappa shape index (κ1) is 27.6. The van der Waals surface area contributed by atoms with E-state index in [0.717, 1.165) is 16.8 Å². The number of hydrogen-bond acceptors (Lipinski definition) is 5. The van der Waals surface area contributed by atoms with Crippen LogP contribution in [0.15, 0.2) is 81.4 Å². The Morgan fingerprint density at radius 1 is 1.11 bits per heavy atom. The molecule has 10 heteroatoms. The third-order valence-corrected chi connectivity index (χ3v) is 12.1. The summed E-state index contributed by atoms with van der Waals surface area (Å²) in [6, 6.07) is 21.5. The van der Waals surface area contributed by atoms with Crippen molar-refractivity contribution in [1.82, 2.24) is 9.55 Å². The van der Waals surface area contributed by atoms with Gasteiger partial charge in [-0.15, -0.1) is 0 Å². The van der Waals surface area contributed by atoms with Crippen molar-refractivity contribution < 1.29 is 9.16 Å². The molecule has 1 aliphatic heterocycles. The minimum Gasteiger partial charge on any atom is -0.405 e. The van der Waals surface area contributed by atoms with Gasteiger partial charge in [0.15, 0.2) is 0 Å². The van der Waals surface area contributed by atoms with Crippen LogP contribution in [0.2, 0.25) is 5.04 Å². The predicted octanol–water partition coefficient (Wildman–Crippen LogP) is 4.03. The summed E-state index contributed by atoms with van der Waals surface area (Å²) in [5, 5.41) is 6.06. The third-order valence-electron chi connectivity index (χ3n) is 7.14. The van der Waals surface area contributed by atoms with Gasteiger partial charge in [0.1, 0.15) is 6.23 Å². The van der Waals surface area contributed by atoms with Crippen molar-refractivity contribution in [2.75, 3.05) is 6.61 Å². The molecule has 1 aliphatic rings. The highest BCUT2D eigenvalue weighted by molar-refractivity contribution is 6.99. The van der Waals surface area contributed by atoms with Crippen molar-refractivity contribution in [1.29, 1.82) is 0 Å². The Morgan fingerprint density at radius 3 is 2.24 bits per heavy atom. The van der Waals surface area contributed by atoms with Gasteiger partial charge in [0.2, 0.25) is 0 Å². The van der Waals surface area contributed by atoms with Gasteiger partial charge in [-0.05, 0) is 27.4 Å². The van der Waals surface area contributed by atoms with Crippen LogP contribution in [-0.4, -0.2) is 36.6 Å². The van der Waals surface area contributed by atoms with Gasteiger partial charge in [-0.2, -0.15) is 0 Å². The maximum Gasteiger partial charge on any atom is 0.330 e. The summed E-state index contributed by atoms with van der Waals surface area (Å²) in [5.74, 6) is 0. The first-order chi connectivity index (χ1) is 18.2. The molecular weight excluding hydrogens is 498 g/mol. The molecule has 0 spiro atoms. The Kier molecular flexibility index (Phi) is 8.37. The van der Waals surface area contributed by atoms with Gasteiger partial charge in [-0.25, -0.2) is 4.79 Å². The zero-order valence-electron chi connectivity index (χ0n) is 22.3. The SMILES string of the molecule is CCCc1cc(=O)[nH]c(=O)n1[C@@H]1C[C@H](N=[N+]=[N-])[C@@H](CO[Si](c2ccccc2)(c2ccccc2)C(C)(C)C)O1. The molecule has 2 heterocycles. The van der Waals surface area contributed by atoms with Crippen LogP contribution in [0.25, 0.3) is 10.4 Å². The fraction of sp³-hybridized carbons (Fsp3) is 0.429. The van der Waals surface area contributed by atoms with E-state index in [1.165, 1.54) is 10.6 Å². The monoisotopic (exact) mass is 533 g/mol. The highest BCUT2D eigenvalue weighted by Crippen LogP contribution is 2.38. The van der Waals surface area contributed by atoms with E-state index in [4.69, 9.17) is 9.16 Å². The number of aryl methyl sites for hydroxylation is 1. The Labute approximate surface area is 223 Å². The number of nitrogens with zero attached hydrogens (tertiary/aromatic N) is 4. The van der Waals surface area contributed by atoms with Crippen LogP contribution < -0.4 is 21.6 Å². The molecule has 1 saturated heterocycles. The summed E-state index contributed by atoms with van der Waals surface area (Å²) in [7, 11) is -2.84. The van der Waals surface area contributed by atoms with Crippen molar-refractivity contribution in [2.45, 2.75) is 70.4 Å². The lowest BCUT2D eigenvalue weighted by molar-refractivity contribution is -0.0252. The molecule has 2 aromatic carbocycles. The van der Waals surface area contributed by atoms with Gasteiger partial charge in [-0.3, -0.25) is 14.3 Å². The van der Waals surface area contributed by atoms with Crippen molar-refractivity contribution in [2.24, 2.45) is 5.11 Å². The van der Waals surface area contributed by atoms with Gasteiger partial charge in [0.05, 0.1) is 18.8 Å². The average molecular weight is 534 g/mol. The first-order valence-corrected chi connectivity index (χ1v) is 14.9. The largest absolute Gasteiger partial charge is 0.405 e. The molecule has 4 rings (SSSR count). The van der Waals surface area contributed by atoms with E-state index in [0.29, 0.717) is 18.5 Å². The van der Waals surface area contributed by atoms with Gasteiger partial charge < -0.3 is 9.16 Å². The van der Waals surface area contributed by atoms with Crippen LogP contribution in [0.1, 0.15) is 52.5 Å². The van der Waals surface area contributed by atoms with Crippen LogP contribution in [0.4, 0.5) is 0 Å². The van der Waals surface area contributed by atoms with Crippen LogP contribution >= 0.6 is 0 Å². The van der Waals surface area contributed by atoms with Crippen LogP contribution in [-0.2, 0) is 15.6 Å². The third kappa shape index (κ3) is 5.39. The number of H-pyrrole nitrogens is 1. The number of azide groups is 1. The fourth-order valence-corrected chi connectivity index (χ4v) is 10.1. The minimum absolute atomic E-state index is 0.189. The van der Waals surface area contributed by atoms with E-state index in [1.54, 1.807) is 0 Å². The van der Waals surface area contributed by atoms with Crippen molar-refractivity contribution in [3.8, 4) is 0 Å². The molecule has 38 heavy (non-hydrogen) atoms.